The quantitative estimate of drug-likeness (QED) is 0.565. The van der Waals surface area contributed by atoms with Crippen molar-refractivity contribution in [2.24, 2.45) is 0 Å². The van der Waals surface area contributed by atoms with Gasteiger partial charge in [0.05, 0.1) is 19.8 Å². The molecular formula is C18H17ClO5S. The highest BCUT2D eigenvalue weighted by atomic mass is 35.5. The van der Waals surface area contributed by atoms with E-state index in [-0.39, 0.29) is 22.0 Å². The second kappa shape index (κ2) is 7.72. The molecule has 5 nitrogen and oxygen atoms in total. The molecular weight excluding hydrogens is 364 g/mol. The van der Waals surface area contributed by atoms with Gasteiger partial charge < -0.3 is 9.47 Å². The van der Waals surface area contributed by atoms with Crippen LogP contribution >= 0.6 is 11.6 Å². The number of ketones is 1. The van der Waals surface area contributed by atoms with Gasteiger partial charge in [0.25, 0.3) is 0 Å². The third kappa shape index (κ3) is 4.61. The number of sulfone groups is 1. The van der Waals surface area contributed by atoms with Crippen LogP contribution in [-0.4, -0.2) is 34.7 Å². The zero-order chi connectivity index (χ0) is 18.6. The average molecular weight is 381 g/mol. The fraction of sp³-hybridized carbons (Fsp3) is 0.167. The molecule has 2 aromatic carbocycles. The van der Waals surface area contributed by atoms with Crippen molar-refractivity contribution in [3.8, 4) is 11.5 Å². The van der Waals surface area contributed by atoms with Gasteiger partial charge in [-0.15, -0.1) is 0 Å². The molecule has 0 bridgehead atoms. The highest BCUT2D eigenvalue weighted by Crippen LogP contribution is 2.32. The van der Waals surface area contributed by atoms with E-state index in [1.165, 1.54) is 32.4 Å². The Morgan fingerprint density at radius 1 is 1.08 bits per heavy atom. The van der Waals surface area contributed by atoms with Crippen molar-refractivity contribution in [1.29, 1.82) is 0 Å². The van der Waals surface area contributed by atoms with Gasteiger partial charge in [-0.05, 0) is 29.8 Å². The van der Waals surface area contributed by atoms with Crippen molar-refractivity contribution in [3.05, 3.63) is 58.6 Å². The van der Waals surface area contributed by atoms with Gasteiger partial charge in [0.15, 0.2) is 15.6 Å². The number of rotatable bonds is 6. The molecule has 0 aliphatic rings. The molecule has 0 aromatic heterocycles. The van der Waals surface area contributed by atoms with Crippen molar-refractivity contribution < 1.29 is 22.7 Å². The van der Waals surface area contributed by atoms with Crippen molar-refractivity contribution in [3.63, 3.8) is 0 Å². The van der Waals surface area contributed by atoms with Crippen LogP contribution in [-0.2, 0) is 9.84 Å². The van der Waals surface area contributed by atoms with Crippen molar-refractivity contribution in [1.82, 2.24) is 0 Å². The van der Waals surface area contributed by atoms with Gasteiger partial charge in [0.2, 0.25) is 0 Å². The molecule has 0 unspecified atom stereocenters. The number of methoxy groups -OCH3 is 2. The zero-order valence-corrected chi connectivity index (χ0v) is 15.5. The highest BCUT2D eigenvalue weighted by Gasteiger charge is 2.21. The molecule has 7 heteroatoms. The molecule has 0 fully saturated rings. The summed E-state index contributed by atoms with van der Waals surface area (Å²) in [5, 5.41) is 0.552. The number of ether oxygens (including phenoxy) is 2. The molecule has 0 N–H and O–H groups in total. The second-order valence-corrected chi connectivity index (χ2v) is 7.65. The number of halogens is 1. The molecule has 0 radical (unpaired) electrons. The van der Waals surface area contributed by atoms with E-state index in [2.05, 4.69) is 0 Å². The number of carbonyl (C=O) groups excluding carboxylic acids is 1. The lowest BCUT2D eigenvalue weighted by molar-refractivity contribution is 0.104. The van der Waals surface area contributed by atoms with E-state index in [1.54, 1.807) is 30.3 Å². The van der Waals surface area contributed by atoms with Crippen LogP contribution in [0.15, 0.2) is 47.4 Å². The number of allylic oxidation sites excluding steroid dienone is 1. The molecule has 0 aliphatic heterocycles. The Morgan fingerprint density at radius 3 is 2.32 bits per heavy atom. The summed E-state index contributed by atoms with van der Waals surface area (Å²) < 4.78 is 34.2. The smallest absolute Gasteiger partial charge is 0.189 e. The minimum absolute atomic E-state index is 0.0738. The molecule has 0 heterocycles. The third-order valence-corrected chi connectivity index (χ3v) is 4.78. The maximum atomic E-state index is 12.5. The standard InChI is InChI=1S/C18H17ClO5S/c1-23-16-11-17(24-2)18(25(3,21)22)10-14(16)15(20)8-7-12-5-4-6-13(19)9-12/h4-11H,1-3H3. The summed E-state index contributed by atoms with van der Waals surface area (Å²) in [6.45, 7) is 0. The lowest BCUT2D eigenvalue weighted by Gasteiger charge is -2.12. The van der Waals surface area contributed by atoms with Crippen LogP contribution in [0.1, 0.15) is 15.9 Å². The first-order valence-electron chi connectivity index (χ1n) is 7.20. The van der Waals surface area contributed by atoms with E-state index in [9.17, 15) is 13.2 Å². The van der Waals surface area contributed by atoms with Crippen LogP contribution < -0.4 is 9.47 Å². The van der Waals surface area contributed by atoms with Gasteiger partial charge >= 0.3 is 0 Å². The third-order valence-electron chi connectivity index (χ3n) is 3.43. The van der Waals surface area contributed by atoms with Gasteiger partial charge in [-0.25, -0.2) is 8.42 Å². The van der Waals surface area contributed by atoms with E-state index in [1.807, 2.05) is 0 Å². The topological polar surface area (TPSA) is 69.7 Å². The molecule has 132 valence electrons. The van der Waals surface area contributed by atoms with Crippen LogP contribution in [0.2, 0.25) is 5.02 Å². The van der Waals surface area contributed by atoms with Gasteiger partial charge in [-0.2, -0.15) is 0 Å². The Bertz CT molecular complexity index is 932. The van der Waals surface area contributed by atoms with Crippen LogP contribution in [0.5, 0.6) is 11.5 Å². The van der Waals surface area contributed by atoms with E-state index in [0.29, 0.717) is 5.02 Å². The van der Waals surface area contributed by atoms with Crippen molar-refractivity contribution >= 4 is 33.3 Å². The summed E-state index contributed by atoms with van der Waals surface area (Å²) in [6.07, 6.45) is 3.98. The molecule has 0 amide bonds. The first-order chi connectivity index (χ1) is 11.8. The molecule has 2 rings (SSSR count). The van der Waals surface area contributed by atoms with Crippen LogP contribution in [0.3, 0.4) is 0 Å². The molecule has 0 atom stereocenters. The summed E-state index contributed by atoms with van der Waals surface area (Å²) in [5.74, 6) is -0.0518. The van der Waals surface area contributed by atoms with Crippen molar-refractivity contribution in [2.45, 2.75) is 4.90 Å². The van der Waals surface area contributed by atoms with Gasteiger partial charge in [-0.3, -0.25) is 4.79 Å². The fourth-order valence-corrected chi connectivity index (χ4v) is 3.26. The van der Waals surface area contributed by atoms with Crippen LogP contribution in [0.4, 0.5) is 0 Å². The lowest BCUT2D eigenvalue weighted by atomic mass is 10.1. The maximum Gasteiger partial charge on any atom is 0.189 e. The Kier molecular flexibility index (Phi) is 5.87. The summed E-state index contributed by atoms with van der Waals surface area (Å²) in [6, 6.07) is 9.64. The van der Waals surface area contributed by atoms with E-state index in [0.717, 1.165) is 11.8 Å². The molecule has 0 saturated carbocycles. The Hall–Kier alpha value is -2.31. The molecule has 0 spiro atoms. The predicted octanol–water partition coefficient (Wildman–Crippen LogP) is 3.66. The van der Waals surface area contributed by atoms with Gasteiger partial charge in [0, 0.05) is 17.3 Å². The normalized spacial score (nSPS) is 11.5. The number of carbonyl (C=O) groups is 1. The number of hydrogen-bond acceptors (Lipinski definition) is 5. The van der Waals surface area contributed by atoms with Crippen LogP contribution in [0, 0.1) is 0 Å². The average Bonchev–Trinajstić information content (AvgIpc) is 2.57. The van der Waals surface area contributed by atoms with E-state index in [4.69, 9.17) is 21.1 Å². The summed E-state index contributed by atoms with van der Waals surface area (Å²) in [4.78, 5) is 12.5. The molecule has 0 aliphatic carbocycles. The Labute approximate surface area is 151 Å². The molecule has 2 aromatic rings. The lowest BCUT2D eigenvalue weighted by Crippen LogP contribution is -2.06. The predicted molar refractivity (Wildman–Crippen MR) is 97.5 cm³/mol. The minimum Gasteiger partial charge on any atom is -0.496 e. The minimum atomic E-state index is -3.57. The zero-order valence-electron chi connectivity index (χ0n) is 13.9. The largest absolute Gasteiger partial charge is 0.496 e. The van der Waals surface area contributed by atoms with Gasteiger partial charge in [0.1, 0.15) is 16.4 Å². The summed E-state index contributed by atoms with van der Waals surface area (Å²) in [7, 11) is -0.827. The number of hydrogen-bond donors (Lipinski definition) is 0. The summed E-state index contributed by atoms with van der Waals surface area (Å²) in [5.41, 5.74) is 0.874. The molecule has 0 saturated heterocycles. The second-order valence-electron chi connectivity index (χ2n) is 5.23. The fourth-order valence-electron chi connectivity index (χ4n) is 2.22. The first kappa shape index (κ1) is 19.0. The Balaban J connectivity index is 2.48. The molecule has 25 heavy (non-hydrogen) atoms. The maximum absolute atomic E-state index is 12.5. The van der Waals surface area contributed by atoms with Crippen LogP contribution in [0.25, 0.3) is 6.08 Å². The number of benzene rings is 2. The van der Waals surface area contributed by atoms with Gasteiger partial charge in [-0.1, -0.05) is 29.8 Å². The highest BCUT2D eigenvalue weighted by molar-refractivity contribution is 7.90. The SMILES string of the molecule is COc1cc(OC)c(S(C)(=O)=O)cc1C(=O)C=Cc1cccc(Cl)c1. The van der Waals surface area contributed by atoms with E-state index >= 15 is 0 Å². The first-order valence-corrected chi connectivity index (χ1v) is 9.47. The van der Waals surface area contributed by atoms with E-state index < -0.39 is 15.6 Å². The Morgan fingerprint density at radius 2 is 1.76 bits per heavy atom. The monoisotopic (exact) mass is 380 g/mol. The summed E-state index contributed by atoms with van der Waals surface area (Å²) >= 11 is 5.91. The van der Waals surface area contributed by atoms with Crippen molar-refractivity contribution in [2.75, 3.05) is 20.5 Å².